The Labute approximate surface area is 71.6 Å². The minimum absolute atomic E-state index is 0.373. The first-order chi connectivity index (χ1) is 5.86. The summed E-state index contributed by atoms with van der Waals surface area (Å²) < 4.78 is 0. The lowest BCUT2D eigenvalue weighted by molar-refractivity contribution is -0.119. The van der Waals surface area contributed by atoms with Gasteiger partial charge in [-0.15, -0.1) is 0 Å². The normalized spacial score (nSPS) is 16.0. The summed E-state index contributed by atoms with van der Waals surface area (Å²) in [4.78, 5) is 15.3. The van der Waals surface area contributed by atoms with Gasteiger partial charge in [0.2, 0.25) is 0 Å². The quantitative estimate of drug-likeness (QED) is 0.674. The lowest BCUT2D eigenvalue weighted by Crippen LogP contribution is -2.04. The van der Waals surface area contributed by atoms with Crippen molar-refractivity contribution in [2.75, 3.05) is 0 Å². The Hall–Kier alpha value is -1.18. The average Bonchev–Trinajstić information content (AvgIpc) is 2.88. The molecule has 1 aromatic heterocycles. The van der Waals surface area contributed by atoms with Gasteiger partial charge in [-0.05, 0) is 30.5 Å². The maximum absolute atomic E-state index is 11.4. The molecule has 0 saturated heterocycles. The zero-order valence-corrected chi connectivity index (χ0v) is 6.86. The molecule has 2 nitrogen and oxygen atoms in total. The number of Topliss-reactive ketones (excluding diaryl/α,β-unsaturated/α-hetero) is 1. The van der Waals surface area contributed by atoms with E-state index in [0.717, 1.165) is 18.4 Å². The van der Waals surface area contributed by atoms with Gasteiger partial charge < -0.3 is 0 Å². The summed E-state index contributed by atoms with van der Waals surface area (Å²) in [6.07, 6.45) is 6.26. The first-order valence-corrected chi connectivity index (χ1v) is 4.28. The molecule has 0 aromatic carbocycles. The minimum Gasteiger partial charge on any atom is -0.299 e. The SMILES string of the molecule is O=C(Cc1ccncc1)C1CC1. The van der Waals surface area contributed by atoms with Crippen LogP contribution < -0.4 is 0 Å². The molecular formula is C10H11NO. The van der Waals surface area contributed by atoms with Gasteiger partial charge in [0.15, 0.2) is 0 Å². The van der Waals surface area contributed by atoms with E-state index in [1.54, 1.807) is 12.4 Å². The number of pyridine rings is 1. The third-order valence-corrected chi connectivity index (χ3v) is 2.16. The van der Waals surface area contributed by atoms with Gasteiger partial charge in [-0.1, -0.05) is 0 Å². The smallest absolute Gasteiger partial charge is 0.140 e. The summed E-state index contributed by atoms with van der Waals surface area (Å²) in [6.45, 7) is 0. The Morgan fingerprint density at radius 2 is 2.08 bits per heavy atom. The van der Waals surface area contributed by atoms with Gasteiger partial charge in [0.05, 0.1) is 0 Å². The van der Waals surface area contributed by atoms with E-state index >= 15 is 0 Å². The number of carbonyl (C=O) groups is 1. The monoisotopic (exact) mass is 161 g/mol. The summed E-state index contributed by atoms with van der Waals surface area (Å²) in [7, 11) is 0. The summed E-state index contributed by atoms with van der Waals surface area (Å²) in [5.74, 6) is 0.763. The maximum Gasteiger partial charge on any atom is 0.140 e. The van der Waals surface area contributed by atoms with E-state index in [1.165, 1.54) is 0 Å². The second-order valence-electron chi connectivity index (χ2n) is 3.27. The van der Waals surface area contributed by atoms with Crippen molar-refractivity contribution in [3.8, 4) is 0 Å². The molecule has 1 aromatic rings. The van der Waals surface area contributed by atoms with Crippen LogP contribution in [-0.2, 0) is 11.2 Å². The molecule has 0 unspecified atom stereocenters. The zero-order chi connectivity index (χ0) is 8.39. The van der Waals surface area contributed by atoms with Crippen LogP contribution in [0.25, 0.3) is 0 Å². The second-order valence-corrected chi connectivity index (χ2v) is 3.27. The van der Waals surface area contributed by atoms with Crippen molar-refractivity contribution in [1.82, 2.24) is 4.98 Å². The Balaban J connectivity index is 1.98. The molecule has 1 heterocycles. The first-order valence-electron chi connectivity index (χ1n) is 4.28. The van der Waals surface area contributed by atoms with Crippen LogP contribution in [0.5, 0.6) is 0 Å². The Kier molecular flexibility index (Phi) is 1.90. The molecule has 0 bridgehead atoms. The van der Waals surface area contributed by atoms with Gasteiger partial charge in [-0.2, -0.15) is 0 Å². The molecule has 0 spiro atoms. The molecule has 1 aliphatic carbocycles. The van der Waals surface area contributed by atoms with E-state index in [4.69, 9.17) is 0 Å². The van der Waals surface area contributed by atoms with Crippen molar-refractivity contribution < 1.29 is 4.79 Å². The maximum atomic E-state index is 11.4. The first kappa shape index (κ1) is 7.47. The third-order valence-electron chi connectivity index (χ3n) is 2.16. The van der Waals surface area contributed by atoms with Crippen LogP contribution in [0.1, 0.15) is 18.4 Å². The highest BCUT2D eigenvalue weighted by atomic mass is 16.1. The summed E-state index contributed by atoms with van der Waals surface area (Å²) >= 11 is 0. The van der Waals surface area contributed by atoms with Crippen LogP contribution in [0.2, 0.25) is 0 Å². The summed E-state index contributed by atoms with van der Waals surface area (Å²) in [5.41, 5.74) is 1.09. The highest BCUT2D eigenvalue weighted by Crippen LogP contribution is 2.30. The lowest BCUT2D eigenvalue weighted by Gasteiger charge is -1.97. The van der Waals surface area contributed by atoms with E-state index in [1.807, 2.05) is 12.1 Å². The number of hydrogen-bond acceptors (Lipinski definition) is 2. The van der Waals surface area contributed by atoms with E-state index in [9.17, 15) is 4.79 Å². The van der Waals surface area contributed by atoms with Crippen molar-refractivity contribution in [3.05, 3.63) is 30.1 Å². The van der Waals surface area contributed by atoms with Gasteiger partial charge in [0, 0.05) is 24.7 Å². The second kappa shape index (κ2) is 3.05. The van der Waals surface area contributed by atoms with Crippen molar-refractivity contribution in [1.29, 1.82) is 0 Å². The highest BCUT2D eigenvalue weighted by Gasteiger charge is 2.28. The lowest BCUT2D eigenvalue weighted by atomic mass is 10.1. The van der Waals surface area contributed by atoms with Crippen LogP contribution in [-0.4, -0.2) is 10.8 Å². The van der Waals surface area contributed by atoms with Gasteiger partial charge in [-0.25, -0.2) is 0 Å². The molecule has 0 radical (unpaired) electrons. The number of ketones is 1. The largest absolute Gasteiger partial charge is 0.299 e. The molecule has 1 fully saturated rings. The predicted molar refractivity (Wildman–Crippen MR) is 45.7 cm³/mol. The third kappa shape index (κ3) is 1.70. The number of carbonyl (C=O) groups excluding carboxylic acids is 1. The molecule has 0 amide bonds. The van der Waals surface area contributed by atoms with Crippen molar-refractivity contribution in [2.24, 2.45) is 5.92 Å². The molecular weight excluding hydrogens is 150 g/mol. The predicted octanol–water partition coefficient (Wildman–Crippen LogP) is 1.60. The van der Waals surface area contributed by atoms with Gasteiger partial charge in [0.25, 0.3) is 0 Å². The number of hydrogen-bond donors (Lipinski definition) is 0. The molecule has 62 valence electrons. The van der Waals surface area contributed by atoms with Crippen LogP contribution in [0.4, 0.5) is 0 Å². The molecule has 0 aliphatic heterocycles. The Bertz CT molecular complexity index is 277. The van der Waals surface area contributed by atoms with Crippen LogP contribution in [0.15, 0.2) is 24.5 Å². The number of nitrogens with zero attached hydrogens (tertiary/aromatic N) is 1. The van der Waals surface area contributed by atoms with Crippen LogP contribution in [0, 0.1) is 5.92 Å². The molecule has 2 heteroatoms. The van der Waals surface area contributed by atoms with Crippen LogP contribution in [0.3, 0.4) is 0 Å². The van der Waals surface area contributed by atoms with Crippen LogP contribution >= 0.6 is 0 Å². The summed E-state index contributed by atoms with van der Waals surface area (Å²) in [6, 6.07) is 3.81. The fourth-order valence-corrected chi connectivity index (χ4v) is 1.25. The fraction of sp³-hybridized carbons (Fsp3) is 0.400. The standard InChI is InChI=1S/C10H11NO/c12-10(9-1-2-9)7-8-3-5-11-6-4-8/h3-6,9H,1-2,7H2. The van der Waals surface area contributed by atoms with E-state index in [-0.39, 0.29) is 0 Å². The fourth-order valence-electron chi connectivity index (χ4n) is 1.25. The molecule has 1 saturated carbocycles. The van der Waals surface area contributed by atoms with E-state index < -0.39 is 0 Å². The summed E-state index contributed by atoms with van der Waals surface area (Å²) in [5, 5.41) is 0. The van der Waals surface area contributed by atoms with Crippen molar-refractivity contribution in [3.63, 3.8) is 0 Å². The number of rotatable bonds is 3. The van der Waals surface area contributed by atoms with Crippen molar-refractivity contribution in [2.45, 2.75) is 19.3 Å². The molecule has 12 heavy (non-hydrogen) atoms. The molecule has 0 N–H and O–H groups in total. The number of aromatic nitrogens is 1. The van der Waals surface area contributed by atoms with Gasteiger partial charge >= 0.3 is 0 Å². The molecule has 2 rings (SSSR count). The Morgan fingerprint density at radius 1 is 1.42 bits per heavy atom. The van der Waals surface area contributed by atoms with Gasteiger partial charge in [-0.3, -0.25) is 9.78 Å². The zero-order valence-electron chi connectivity index (χ0n) is 6.86. The van der Waals surface area contributed by atoms with E-state index in [0.29, 0.717) is 18.1 Å². The van der Waals surface area contributed by atoms with Gasteiger partial charge in [0.1, 0.15) is 5.78 Å². The topological polar surface area (TPSA) is 30.0 Å². The van der Waals surface area contributed by atoms with E-state index in [2.05, 4.69) is 4.98 Å². The Morgan fingerprint density at radius 3 is 2.67 bits per heavy atom. The molecule has 1 aliphatic rings. The minimum atomic E-state index is 0.373. The highest BCUT2D eigenvalue weighted by molar-refractivity contribution is 5.85. The van der Waals surface area contributed by atoms with Crippen molar-refractivity contribution >= 4 is 5.78 Å². The average molecular weight is 161 g/mol. The molecule has 0 atom stereocenters.